The van der Waals surface area contributed by atoms with Crippen molar-refractivity contribution < 1.29 is 14.7 Å². The second-order valence-corrected chi connectivity index (χ2v) is 8.49. The van der Waals surface area contributed by atoms with Crippen LogP contribution < -0.4 is 0 Å². The fourth-order valence-electron chi connectivity index (χ4n) is 5.24. The van der Waals surface area contributed by atoms with Crippen LogP contribution in [0.2, 0.25) is 0 Å². The van der Waals surface area contributed by atoms with Crippen LogP contribution in [0.5, 0.6) is 0 Å². The van der Waals surface area contributed by atoms with E-state index in [4.69, 9.17) is 0 Å². The first-order chi connectivity index (χ1) is 10.1. The Balaban J connectivity index is 1.95. The summed E-state index contributed by atoms with van der Waals surface area (Å²) in [6.45, 7) is 8.46. The van der Waals surface area contributed by atoms with E-state index in [0.717, 1.165) is 25.7 Å². The van der Waals surface area contributed by atoms with Crippen LogP contribution in [-0.4, -0.2) is 33.0 Å². The maximum Gasteiger partial charge on any atom is 0.307 e. The molecule has 1 N–H and O–H groups in total. The molecule has 22 heavy (non-hydrogen) atoms. The number of aliphatic carboxylic acids is 1. The molecule has 1 amide bonds. The van der Waals surface area contributed by atoms with Gasteiger partial charge in [-0.05, 0) is 65.2 Å². The number of hydrogen-bond acceptors (Lipinski definition) is 2. The van der Waals surface area contributed by atoms with E-state index in [9.17, 15) is 14.7 Å². The predicted molar refractivity (Wildman–Crippen MR) is 84.2 cm³/mol. The van der Waals surface area contributed by atoms with Crippen molar-refractivity contribution in [3.05, 3.63) is 12.2 Å². The summed E-state index contributed by atoms with van der Waals surface area (Å²) in [4.78, 5) is 27.1. The van der Waals surface area contributed by atoms with Gasteiger partial charge >= 0.3 is 5.97 Å². The molecule has 4 atom stereocenters. The summed E-state index contributed by atoms with van der Waals surface area (Å²) in [7, 11) is 0. The SMILES string of the molecule is CC1(C)CCCC(C)(C)N1C(=O)[C@H]1[C@H](C(=O)O)[C@H]2C=C[C@H]1C2. The standard InChI is InChI=1S/C18H27NO3/c1-17(2)8-5-9-18(3,4)19(17)15(20)13-11-6-7-12(10-11)14(13)16(21)22/h6-7,11-14H,5,8-10H2,1-4H3,(H,21,22)/t11-,12-,13+,14+/m0/s1. The monoisotopic (exact) mass is 305 g/mol. The summed E-state index contributed by atoms with van der Waals surface area (Å²) in [6.07, 6.45) is 7.97. The number of amides is 1. The van der Waals surface area contributed by atoms with E-state index in [2.05, 4.69) is 33.8 Å². The maximum absolute atomic E-state index is 13.4. The summed E-state index contributed by atoms with van der Waals surface area (Å²) >= 11 is 0. The number of rotatable bonds is 2. The molecule has 0 aromatic rings. The van der Waals surface area contributed by atoms with Gasteiger partial charge in [-0.2, -0.15) is 0 Å². The average molecular weight is 305 g/mol. The van der Waals surface area contributed by atoms with Gasteiger partial charge in [0.05, 0.1) is 11.8 Å². The zero-order valence-electron chi connectivity index (χ0n) is 14.0. The Morgan fingerprint density at radius 1 is 1.00 bits per heavy atom. The lowest BCUT2D eigenvalue weighted by Crippen LogP contribution is -2.63. The number of allylic oxidation sites excluding steroid dienone is 2. The molecule has 2 aliphatic carbocycles. The Labute approximate surface area is 132 Å². The Kier molecular flexibility index (Phi) is 3.42. The summed E-state index contributed by atoms with van der Waals surface area (Å²) in [5.41, 5.74) is -0.402. The number of carboxylic acid groups (broad SMARTS) is 1. The van der Waals surface area contributed by atoms with E-state index in [-0.39, 0.29) is 34.7 Å². The van der Waals surface area contributed by atoms with Gasteiger partial charge in [0.25, 0.3) is 0 Å². The van der Waals surface area contributed by atoms with Gasteiger partial charge in [-0.15, -0.1) is 0 Å². The minimum absolute atomic E-state index is 0.0347. The number of piperidine rings is 1. The van der Waals surface area contributed by atoms with Crippen molar-refractivity contribution in [1.82, 2.24) is 4.90 Å². The number of nitrogens with zero attached hydrogens (tertiary/aromatic N) is 1. The van der Waals surface area contributed by atoms with Crippen LogP contribution in [0.4, 0.5) is 0 Å². The molecule has 0 aromatic carbocycles. The first-order valence-electron chi connectivity index (χ1n) is 8.40. The third-order valence-corrected chi connectivity index (χ3v) is 6.04. The summed E-state index contributed by atoms with van der Waals surface area (Å²) in [5.74, 6) is -1.55. The second-order valence-electron chi connectivity index (χ2n) is 8.49. The Bertz CT molecular complexity index is 518. The molecule has 2 fully saturated rings. The second kappa shape index (κ2) is 4.84. The number of carboxylic acids is 1. The summed E-state index contributed by atoms with van der Waals surface area (Å²) in [6, 6.07) is 0. The molecular formula is C18H27NO3. The smallest absolute Gasteiger partial charge is 0.307 e. The Morgan fingerprint density at radius 3 is 2.00 bits per heavy atom. The maximum atomic E-state index is 13.4. The van der Waals surface area contributed by atoms with Gasteiger partial charge in [-0.3, -0.25) is 9.59 Å². The van der Waals surface area contributed by atoms with Crippen LogP contribution in [0, 0.1) is 23.7 Å². The molecule has 0 radical (unpaired) electrons. The fraction of sp³-hybridized carbons (Fsp3) is 0.778. The minimum atomic E-state index is -0.817. The summed E-state index contributed by atoms with van der Waals surface area (Å²) < 4.78 is 0. The minimum Gasteiger partial charge on any atom is -0.481 e. The van der Waals surface area contributed by atoms with Crippen LogP contribution in [0.3, 0.4) is 0 Å². The van der Waals surface area contributed by atoms with Crippen LogP contribution in [-0.2, 0) is 9.59 Å². The van der Waals surface area contributed by atoms with Crippen molar-refractivity contribution in [2.75, 3.05) is 0 Å². The molecule has 4 nitrogen and oxygen atoms in total. The van der Waals surface area contributed by atoms with Crippen molar-refractivity contribution in [1.29, 1.82) is 0 Å². The number of fused-ring (bicyclic) bond motifs is 2. The van der Waals surface area contributed by atoms with Crippen LogP contribution in [0.15, 0.2) is 12.2 Å². The van der Waals surface area contributed by atoms with Crippen molar-refractivity contribution in [2.24, 2.45) is 23.7 Å². The molecule has 0 aromatic heterocycles. The first-order valence-corrected chi connectivity index (χ1v) is 8.40. The Morgan fingerprint density at radius 2 is 1.50 bits per heavy atom. The van der Waals surface area contributed by atoms with Crippen molar-refractivity contribution in [3.8, 4) is 0 Å². The highest BCUT2D eigenvalue weighted by Crippen LogP contribution is 2.51. The quantitative estimate of drug-likeness (QED) is 0.798. The number of hydrogen-bond donors (Lipinski definition) is 1. The number of carbonyl (C=O) groups is 2. The molecule has 122 valence electrons. The largest absolute Gasteiger partial charge is 0.481 e. The van der Waals surface area contributed by atoms with Gasteiger partial charge in [0, 0.05) is 11.1 Å². The third kappa shape index (κ3) is 2.19. The molecule has 1 saturated carbocycles. The highest BCUT2D eigenvalue weighted by atomic mass is 16.4. The van der Waals surface area contributed by atoms with Gasteiger partial charge in [0.1, 0.15) is 0 Å². The lowest BCUT2D eigenvalue weighted by molar-refractivity contribution is -0.161. The van der Waals surface area contributed by atoms with Gasteiger partial charge in [-0.1, -0.05) is 12.2 Å². The topological polar surface area (TPSA) is 57.6 Å². The molecule has 0 spiro atoms. The van der Waals surface area contributed by atoms with Gasteiger partial charge in [0.2, 0.25) is 5.91 Å². The lowest BCUT2D eigenvalue weighted by atomic mass is 9.75. The molecule has 0 unspecified atom stereocenters. The lowest BCUT2D eigenvalue weighted by Gasteiger charge is -2.54. The van der Waals surface area contributed by atoms with Gasteiger partial charge < -0.3 is 10.0 Å². The van der Waals surface area contributed by atoms with Crippen LogP contribution in [0.1, 0.15) is 53.4 Å². The number of carbonyl (C=O) groups excluding carboxylic acids is 1. The molecule has 1 aliphatic heterocycles. The number of likely N-dealkylation sites (tertiary alicyclic amines) is 1. The van der Waals surface area contributed by atoms with Gasteiger partial charge in [0.15, 0.2) is 0 Å². The molecule has 4 heteroatoms. The highest BCUT2D eigenvalue weighted by molar-refractivity contribution is 5.88. The average Bonchev–Trinajstić information content (AvgIpc) is 2.95. The zero-order valence-corrected chi connectivity index (χ0v) is 14.0. The molecule has 2 bridgehead atoms. The van der Waals surface area contributed by atoms with E-state index in [1.807, 2.05) is 11.0 Å². The van der Waals surface area contributed by atoms with Crippen LogP contribution in [0.25, 0.3) is 0 Å². The highest BCUT2D eigenvalue weighted by Gasteiger charge is 2.56. The third-order valence-electron chi connectivity index (χ3n) is 6.04. The normalized spacial score (nSPS) is 38.3. The van der Waals surface area contributed by atoms with Crippen LogP contribution >= 0.6 is 0 Å². The molecule has 3 aliphatic rings. The first kappa shape index (κ1) is 15.6. The van der Waals surface area contributed by atoms with E-state index >= 15 is 0 Å². The molecule has 1 saturated heterocycles. The fourth-order valence-corrected chi connectivity index (χ4v) is 5.24. The van der Waals surface area contributed by atoms with Gasteiger partial charge in [-0.25, -0.2) is 0 Å². The van der Waals surface area contributed by atoms with Crippen molar-refractivity contribution in [3.63, 3.8) is 0 Å². The van der Waals surface area contributed by atoms with E-state index in [0.29, 0.717) is 0 Å². The van der Waals surface area contributed by atoms with Crippen molar-refractivity contribution in [2.45, 2.75) is 64.5 Å². The molecular weight excluding hydrogens is 278 g/mol. The van der Waals surface area contributed by atoms with E-state index < -0.39 is 11.9 Å². The van der Waals surface area contributed by atoms with E-state index in [1.165, 1.54) is 0 Å². The molecule has 3 rings (SSSR count). The predicted octanol–water partition coefficient (Wildman–Crippen LogP) is 3.08. The summed E-state index contributed by atoms with van der Waals surface area (Å²) in [5, 5.41) is 9.61. The Hall–Kier alpha value is -1.32. The van der Waals surface area contributed by atoms with Crippen molar-refractivity contribution >= 4 is 11.9 Å². The molecule has 1 heterocycles. The zero-order chi connectivity index (χ0) is 16.3. The van der Waals surface area contributed by atoms with E-state index in [1.54, 1.807) is 0 Å².